The Morgan fingerprint density at radius 2 is 1.90 bits per heavy atom. The van der Waals surface area contributed by atoms with E-state index in [1.165, 1.54) is 54.7 Å². The number of aromatic nitrogens is 1. The number of carbonyl (C=O) groups is 2. The fourth-order valence-corrected chi connectivity index (χ4v) is 1.61. The first kappa shape index (κ1) is 14.4. The van der Waals surface area contributed by atoms with Crippen LogP contribution in [0.15, 0.2) is 42.7 Å². The highest BCUT2D eigenvalue weighted by atomic mass is 19.1. The van der Waals surface area contributed by atoms with Crippen LogP contribution in [0.2, 0.25) is 0 Å². The molecule has 0 unspecified atom stereocenters. The van der Waals surface area contributed by atoms with Gasteiger partial charge in [-0.25, -0.2) is 14.0 Å². The predicted octanol–water partition coefficient (Wildman–Crippen LogP) is 2.59. The van der Waals surface area contributed by atoms with Crippen molar-refractivity contribution < 1.29 is 19.1 Å². The Morgan fingerprint density at radius 1 is 1.24 bits per heavy atom. The van der Waals surface area contributed by atoms with Gasteiger partial charge in [-0.2, -0.15) is 0 Å². The molecule has 1 aromatic carbocycles. The largest absolute Gasteiger partial charge is 0.478 e. The summed E-state index contributed by atoms with van der Waals surface area (Å²) in [6.45, 7) is 0. The molecule has 1 aromatic heterocycles. The third kappa shape index (κ3) is 3.53. The molecule has 0 saturated carbocycles. The Kier molecular flexibility index (Phi) is 4.13. The summed E-state index contributed by atoms with van der Waals surface area (Å²) in [7, 11) is 1.51. The molecule has 1 heterocycles. The molecule has 2 aromatic rings. The second kappa shape index (κ2) is 6.00. The van der Waals surface area contributed by atoms with Crippen molar-refractivity contribution in [1.82, 2.24) is 4.98 Å². The number of aromatic carboxylic acids is 1. The molecule has 0 fully saturated rings. The molecule has 21 heavy (non-hydrogen) atoms. The fraction of sp³-hybridized carbons (Fsp3) is 0.0714. The van der Waals surface area contributed by atoms with Crippen LogP contribution in [0.4, 0.5) is 20.6 Å². The van der Waals surface area contributed by atoms with Crippen molar-refractivity contribution in [3.63, 3.8) is 0 Å². The first-order valence-electron chi connectivity index (χ1n) is 5.96. The molecule has 0 aliphatic rings. The molecule has 0 aliphatic heterocycles. The highest BCUT2D eigenvalue weighted by Crippen LogP contribution is 2.15. The summed E-state index contributed by atoms with van der Waals surface area (Å²) in [5.74, 6) is -1.53. The lowest BCUT2D eigenvalue weighted by atomic mass is 10.2. The monoisotopic (exact) mass is 289 g/mol. The van der Waals surface area contributed by atoms with Gasteiger partial charge >= 0.3 is 12.0 Å². The zero-order chi connectivity index (χ0) is 15.4. The highest BCUT2D eigenvalue weighted by Gasteiger charge is 2.12. The molecule has 2 N–H and O–H groups in total. The normalized spacial score (nSPS) is 10.0. The van der Waals surface area contributed by atoms with Gasteiger partial charge in [0, 0.05) is 18.9 Å². The number of anilines is 2. The number of carboxylic acid groups (broad SMARTS) is 1. The van der Waals surface area contributed by atoms with Crippen LogP contribution in [0.1, 0.15) is 10.4 Å². The molecule has 0 bridgehead atoms. The van der Waals surface area contributed by atoms with Gasteiger partial charge < -0.3 is 10.4 Å². The topological polar surface area (TPSA) is 82.5 Å². The third-order valence-electron chi connectivity index (χ3n) is 2.76. The Labute approximate surface area is 119 Å². The van der Waals surface area contributed by atoms with Crippen molar-refractivity contribution in [2.45, 2.75) is 0 Å². The Morgan fingerprint density at radius 3 is 2.52 bits per heavy atom. The van der Waals surface area contributed by atoms with Crippen molar-refractivity contribution >= 4 is 23.4 Å². The summed E-state index contributed by atoms with van der Waals surface area (Å²) in [4.78, 5) is 27.9. The summed E-state index contributed by atoms with van der Waals surface area (Å²) < 4.78 is 12.8. The molecule has 2 amide bonds. The quantitative estimate of drug-likeness (QED) is 0.909. The van der Waals surface area contributed by atoms with E-state index in [9.17, 15) is 14.0 Å². The summed E-state index contributed by atoms with van der Waals surface area (Å²) >= 11 is 0. The standard InChI is InChI=1S/C14H12FN3O3/c1-18(12-4-2-10(15)3-5-12)14(21)17-11-6-9(13(19)20)7-16-8-11/h2-8H,1H3,(H,17,21)(H,19,20). The molecular formula is C14H12FN3O3. The number of nitrogens with zero attached hydrogens (tertiary/aromatic N) is 2. The van der Waals surface area contributed by atoms with Gasteiger partial charge in [0.05, 0.1) is 17.4 Å². The molecule has 0 spiro atoms. The summed E-state index contributed by atoms with van der Waals surface area (Å²) in [6.07, 6.45) is 2.52. The molecule has 2 rings (SSSR count). The predicted molar refractivity (Wildman–Crippen MR) is 75.0 cm³/mol. The van der Waals surface area contributed by atoms with E-state index in [-0.39, 0.29) is 11.3 Å². The van der Waals surface area contributed by atoms with E-state index in [0.717, 1.165) is 0 Å². The van der Waals surface area contributed by atoms with Crippen LogP contribution in [0.3, 0.4) is 0 Å². The molecule has 0 saturated heterocycles. The van der Waals surface area contributed by atoms with E-state index >= 15 is 0 Å². The number of halogens is 1. The van der Waals surface area contributed by atoms with E-state index in [1.54, 1.807) is 0 Å². The first-order chi connectivity index (χ1) is 9.97. The lowest BCUT2D eigenvalue weighted by molar-refractivity contribution is 0.0696. The summed E-state index contributed by atoms with van der Waals surface area (Å²) in [5, 5.41) is 11.4. The Hall–Kier alpha value is -2.96. The van der Waals surface area contributed by atoms with Gasteiger partial charge in [0.25, 0.3) is 0 Å². The number of urea groups is 1. The summed E-state index contributed by atoms with van der Waals surface area (Å²) in [6, 6.07) is 6.20. The minimum absolute atomic E-state index is 0.0303. The van der Waals surface area contributed by atoms with Gasteiger partial charge in [-0.05, 0) is 30.3 Å². The van der Waals surface area contributed by atoms with E-state index < -0.39 is 17.8 Å². The maximum atomic E-state index is 12.8. The average Bonchev–Trinajstić information content (AvgIpc) is 2.47. The maximum Gasteiger partial charge on any atom is 0.337 e. The van der Waals surface area contributed by atoms with E-state index in [0.29, 0.717) is 5.69 Å². The van der Waals surface area contributed by atoms with E-state index in [1.807, 2.05) is 0 Å². The highest BCUT2D eigenvalue weighted by molar-refractivity contribution is 6.01. The summed E-state index contributed by atoms with van der Waals surface area (Å²) in [5.41, 5.74) is 0.724. The first-order valence-corrected chi connectivity index (χ1v) is 5.96. The minimum atomic E-state index is -1.13. The Bertz CT molecular complexity index is 673. The molecule has 0 atom stereocenters. The average molecular weight is 289 g/mol. The minimum Gasteiger partial charge on any atom is -0.478 e. The molecule has 0 radical (unpaired) electrons. The number of amides is 2. The van der Waals surface area contributed by atoms with Gasteiger partial charge in [0.15, 0.2) is 0 Å². The number of rotatable bonds is 3. The van der Waals surface area contributed by atoms with E-state index in [4.69, 9.17) is 5.11 Å². The van der Waals surface area contributed by atoms with Crippen LogP contribution in [0.25, 0.3) is 0 Å². The molecular weight excluding hydrogens is 277 g/mol. The number of pyridine rings is 1. The van der Waals surface area contributed by atoms with Crippen molar-refractivity contribution in [1.29, 1.82) is 0 Å². The van der Waals surface area contributed by atoms with Crippen LogP contribution < -0.4 is 10.2 Å². The SMILES string of the molecule is CN(C(=O)Nc1cncc(C(=O)O)c1)c1ccc(F)cc1. The second-order valence-electron chi connectivity index (χ2n) is 4.23. The molecule has 108 valence electrons. The van der Waals surface area contributed by atoms with Crippen LogP contribution in [-0.4, -0.2) is 29.1 Å². The lowest BCUT2D eigenvalue weighted by Gasteiger charge is -2.18. The van der Waals surface area contributed by atoms with Gasteiger partial charge in [0.1, 0.15) is 5.82 Å². The zero-order valence-electron chi connectivity index (χ0n) is 11.1. The Balaban J connectivity index is 2.12. The second-order valence-corrected chi connectivity index (χ2v) is 4.23. The van der Waals surface area contributed by atoms with Crippen LogP contribution >= 0.6 is 0 Å². The molecule has 0 aliphatic carbocycles. The lowest BCUT2D eigenvalue weighted by Crippen LogP contribution is -2.31. The maximum absolute atomic E-state index is 12.8. The fourth-order valence-electron chi connectivity index (χ4n) is 1.61. The van der Waals surface area contributed by atoms with Gasteiger partial charge in [0.2, 0.25) is 0 Å². The number of hydrogen-bond donors (Lipinski definition) is 2. The molecule has 6 nitrogen and oxygen atoms in total. The van der Waals surface area contributed by atoms with Crippen molar-refractivity contribution in [3.8, 4) is 0 Å². The number of nitrogens with one attached hydrogen (secondary N) is 1. The number of carboxylic acids is 1. The zero-order valence-corrected chi connectivity index (χ0v) is 11.1. The van der Waals surface area contributed by atoms with Crippen LogP contribution in [0, 0.1) is 5.82 Å². The third-order valence-corrected chi connectivity index (χ3v) is 2.76. The van der Waals surface area contributed by atoms with Gasteiger partial charge in [-0.15, -0.1) is 0 Å². The van der Waals surface area contributed by atoms with Crippen molar-refractivity contribution in [2.24, 2.45) is 0 Å². The molecule has 7 heteroatoms. The number of carbonyl (C=O) groups excluding carboxylic acids is 1. The number of benzene rings is 1. The van der Waals surface area contributed by atoms with Gasteiger partial charge in [-0.1, -0.05) is 0 Å². The smallest absolute Gasteiger partial charge is 0.337 e. The van der Waals surface area contributed by atoms with Crippen molar-refractivity contribution in [3.05, 3.63) is 54.1 Å². The van der Waals surface area contributed by atoms with Crippen LogP contribution in [-0.2, 0) is 0 Å². The van der Waals surface area contributed by atoms with Crippen LogP contribution in [0.5, 0.6) is 0 Å². The number of hydrogen-bond acceptors (Lipinski definition) is 3. The van der Waals surface area contributed by atoms with Gasteiger partial charge in [-0.3, -0.25) is 9.88 Å². The van der Waals surface area contributed by atoms with Crippen molar-refractivity contribution in [2.75, 3.05) is 17.3 Å². The van der Waals surface area contributed by atoms with E-state index in [2.05, 4.69) is 10.3 Å².